The SMILES string of the molecule is COc1cc(CC(NC(C)=O)C(=O)NC2CCN(c3cc(C)nc4ncnn34)CC2)cc(OC)c1. The van der Waals surface area contributed by atoms with Crippen molar-refractivity contribution >= 4 is 23.4 Å². The normalized spacial score (nSPS) is 15.0. The monoisotopic (exact) mass is 481 g/mol. The van der Waals surface area contributed by atoms with Gasteiger partial charge in [-0.3, -0.25) is 9.59 Å². The maximum Gasteiger partial charge on any atom is 0.254 e. The lowest BCUT2D eigenvalue weighted by atomic mass is 10.0. The molecular formula is C24H31N7O4. The van der Waals surface area contributed by atoms with Crippen molar-refractivity contribution in [1.29, 1.82) is 0 Å². The number of aryl methyl sites for hydroxylation is 1. The summed E-state index contributed by atoms with van der Waals surface area (Å²) >= 11 is 0. The van der Waals surface area contributed by atoms with E-state index in [9.17, 15) is 9.59 Å². The van der Waals surface area contributed by atoms with Crippen molar-refractivity contribution in [1.82, 2.24) is 30.2 Å². The molecule has 0 spiro atoms. The van der Waals surface area contributed by atoms with Crippen LogP contribution in [0.3, 0.4) is 0 Å². The Morgan fingerprint density at radius 2 is 1.80 bits per heavy atom. The van der Waals surface area contributed by atoms with Crippen LogP contribution in [0.4, 0.5) is 5.82 Å². The van der Waals surface area contributed by atoms with Crippen molar-refractivity contribution in [2.24, 2.45) is 0 Å². The van der Waals surface area contributed by atoms with Crippen LogP contribution in [0.15, 0.2) is 30.6 Å². The van der Waals surface area contributed by atoms with E-state index in [1.807, 2.05) is 25.1 Å². The molecule has 1 aliphatic heterocycles. The van der Waals surface area contributed by atoms with Gasteiger partial charge in [0.1, 0.15) is 29.7 Å². The number of carbonyl (C=O) groups excluding carboxylic acids is 2. The first kappa shape index (κ1) is 24.2. The number of amides is 2. The molecule has 1 fully saturated rings. The third-order valence-corrected chi connectivity index (χ3v) is 6.07. The van der Waals surface area contributed by atoms with Crippen LogP contribution >= 0.6 is 0 Å². The smallest absolute Gasteiger partial charge is 0.254 e. The summed E-state index contributed by atoms with van der Waals surface area (Å²) in [6, 6.07) is 6.73. The van der Waals surface area contributed by atoms with E-state index in [1.54, 1.807) is 24.8 Å². The summed E-state index contributed by atoms with van der Waals surface area (Å²) < 4.78 is 12.4. The van der Waals surface area contributed by atoms with Gasteiger partial charge in [0, 0.05) is 50.3 Å². The molecular weight excluding hydrogens is 450 g/mol. The fourth-order valence-electron chi connectivity index (χ4n) is 4.37. The maximum atomic E-state index is 13.2. The number of piperidine rings is 1. The van der Waals surface area contributed by atoms with Crippen molar-refractivity contribution in [3.05, 3.63) is 41.9 Å². The molecule has 2 N–H and O–H groups in total. The fourth-order valence-corrected chi connectivity index (χ4v) is 4.37. The summed E-state index contributed by atoms with van der Waals surface area (Å²) in [4.78, 5) is 35.8. The second-order valence-electron chi connectivity index (χ2n) is 8.68. The van der Waals surface area contributed by atoms with Crippen molar-refractivity contribution in [2.45, 2.75) is 45.2 Å². The van der Waals surface area contributed by atoms with Gasteiger partial charge in [0.05, 0.1) is 14.2 Å². The minimum absolute atomic E-state index is 0.00373. The van der Waals surface area contributed by atoms with Gasteiger partial charge in [0.2, 0.25) is 11.8 Å². The molecule has 1 aromatic carbocycles. The number of rotatable bonds is 8. The summed E-state index contributed by atoms with van der Waals surface area (Å²) in [5.74, 6) is 2.29. The predicted molar refractivity (Wildman–Crippen MR) is 130 cm³/mol. The lowest BCUT2D eigenvalue weighted by Crippen LogP contribution is -2.52. The molecule has 186 valence electrons. The minimum Gasteiger partial charge on any atom is -0.497 e. The van der Waals surface area contributed by atoms with E-state index in [0.29, 0.717) is 23.7 Å². The number of anilines is 1. The van der Waals surface area contributed by atoms with Crippen LogP contribution in [0, 0.1) is 6.92 Å². The van der Waals surface area contributed by atoms with Gasteiger partial charge in [-0.25, -0.2) is 4.98 Å². The number of methoxy groups -OCH3 is 2. The van der Waals surface area contributed by atoms with Crippen molar-refractivity contribution in [3.8, 4) is 11.5 Å². The highest BCUT2D eigenvalue weighted by atomic mass is 16.5. The molecule has 1 saturated heterocycles. The highest BCUT2D eigenvalue weighted by Gasteiger charge is 2.27. The van der Waals surface area contributed by atoms with Gasteiger partial charge in [-0.1, -0.05) is 0 Å². The second-order valence-corrected chi connectivity index (χ2v) is 8.68. The number of ether oxygens (including phenoxy) is 2. The Labute approximate surface area is 203 Å². The van der Waals surface area contributed by atoms with E-state index in [4.69, 9.17) is 9.47 Å². The van der Waals surface area contributed by atoms with Crippen LogP contribution in [0.1, 0.15) is 31.0 Å². The van der Waals surface area contributed by atoms with Crippen LogP contribution in [-0.4, -0.2) is 70.8 Å². The van der Waals surface area contributed by atoms with Crippen molar-refractivity contribution in [2.75, 3.05) is 32.2 Å². The van der Waals surface area contributed by atoms with Crippen LogP contribution in [-0.2, 0) is 16.0 Å². The number of carbonyl (C=O) groups is 2. The maximum absolute atomic E-state index is 13.2. The molecule has 3 aromatic rings. The summed E-state index contributed by atoms with van der Waals surface area (Å²) in [7, 11) is 3.15. The van der Waals surface area contributed by atoms with Crippen LogP contribution in [0.5, 0.6) is 11.5 Å². The van der Waals surface area contributed by atoms with Gasteiger partial charge in [0.15, 0.2) is 0 Å². The molecule has 4 rings (SSSR count). The molecule has 11 heteroatoms. The summed E-state index contributed by atoms with van der Waals surface area (Å²) in [6.07, 6.45) is 3.35. The molecule has 0 saturated carbocycles. The predicted octanol–water partition coefficient (Wildman–Crippen LogP) is 1.28. The summed E-state index contributed by atoms with van der Waals surface area (Å²) in [5.41, 5.74) is 1.71. The van der Waals surface area contributed by atoms with E-state index in [0.717, 1.165) is 43.0 Å². The molecule has 1 unspecified atom stereocenters. The third kappa shape index (κ3) is 5.79. The molecule has 1 atom stereocenters. The Morgan fingerprint density at radius 3 is 2.43 bits per heavy atom. The largest absolute Gasteiger partial charge is 0.497 e. The van der Waals surface area contributed by atoms with E-state index in [2.05, 4.69) is 30.6 Å². The van der Waals surface area contributed by atoms with Crippen LogP contribution in [0.2, 0.25) is 0 Å². The van der Waals surface area contributed by atoms with E-state index in [-0.39, 0.29) is 17.9 Å². The first-order chi connectivity index (χ1) is 16.9. The average molecular weight is 482 g/mol. The van der Waals surface area contributed by atoms with Gasteiger partial charge in [0.25, 0.3) is 5.78 Å². The zero-order valence-corrected chi connectivity index (χ0v) is 20.4. The standard InChI is InChI=1S/C24H31N7O4/c1-15-9-22(31-24(27-15)25-14-26-31)30-7-5-18(6-8-30)29-23(33)21(28-16(2)32)12-17-10-19(34-3)13-20(11-17)35-4/h9-11,13-14,18,21H,5-8,12H2,1-4H3,(H,28,32)(H,29,33). The zero-order chi connectivity index (χ0) is 24.9. The van der Waals surface area contributed by atoms with Crippen LogP contribution < -0.4 is 25.0 Å². The molecule has 11 nitrogen and oxygen atoms in total. The Morgan fingerprint density at radius 1 is 1.11 bits per heavy atom. The number of benzene rings is 1. The highest BCUT2D eigenvalue weighted by molar-refractivity contribution is 5.87. The molecule has 0 aliphatic carbocycles. The van der Waals surface area contributed by atoms with Gasteiger partial charge >= 0.3 is 0 Å². The fraction of sp³-hybridized carbons (Fsp3) is 0.458. The number of aromatic nitrogens is 4. The van der Waals surface area contributed by atoms with Gasteiger partial charge in [-0.15, -0.1) is 0 Å². The Hall–Kier alpha value is -3.89. The lowest BCUT2D eigenvalue weighted by molar-refractivity contribution is -0.128. The van der Waals surface area contributed by atoms with Gasteiger partial charge < -0.3 is 25.0 Å². The van der Waals surface area contributed by atoms with Crippen molar-refractivity contribution < 1.29 is 19.1 Å². The topological polar surface area (TPSA) is 123 Å². The Bertz CT molecular complexity index is 1180. The van der Waals surface area contributed by atoms with Gasteiger partial charge in [-0.05, 0) is 37.5 Å². The summed E-state index contributed by atoms with van der Waals surface area (Å²) in [5, 5.41) is 10.2. The zero-order valence-electron chi connectivity index (χ0n) is 20.4. The lowest BCUT2D eigenvalue weighted by Gasteiger charge is -2.34. The Balaban J connectivity index is 1.41. The van der Waals surface area contributed by atoms with Crippen molar-refractivity contribution in [3.63, 3.8) is 0 Å². The van der Waals surface area contributed by atoms with E-state index < -0.39 is 6.04 Å². The number of hydrogen-bond acceptors (Lipinski definition) is 8. The van der Waals surface area contributed by atoms with E-state index >= 15 is 0 Å². The average Bonchev–Trinajstić information content (AvgIpc) is 3.31. The molecule has 0 radical (unpaired) electrons. The second kappa shape index (κ2) is 10.6. The molecule has 2 aromatic heterocycles. The third-order valence-electron chi connectivity index (χ3n) is 6.07. The number of nitrogens with zero attached hydrogens (tertiary/aromatic N) is 5. The van der Waals surface area contributed by atoms with Crippen LogP contribution in [0.25, 0.3) is 5.78 Å². The molecule has 3 heterocycles. The van der Waals surface area contributed by atoms with E-state index in [1.165, 1.54) is 13.3 Å². The highest BCUT2D eigenvalue weighted by Crippen LogP contribution is 2.24. The number of nitrogens with one attached hydrogen (secondary N) is 2. The quantitative estimate of drug-likeness (QED) is 0.493. The minimum atomic E-state index is -0.708. The summed E-state index contributed by atoms with van der Waals surface area (Å²) in [6.45, 7) is 4.85. The molecule has 1 aliphatic rings. The molecule has 0 bridgehead atoms. The molecule has 2 amide bonds. The first-order valence-electron chi connectivity index (χ1n) is 11.6. The van der Waals surface area contributed by atoms with Gasteiger partial charge in [-0.2, -0.15) is 14.6 Å². The molecule has 35 heavy (non-hydrogen) atoms. The Kier molecular flexibility index (Phi) is 7.33. The number of fused-ring (bicyclic) bond motifs is 1. The first-order valence-corrected chi connectivity index (χ1v) is 11.6. The number of hydrogen-bond donors (Lipinski definition) is 2.